The molecule has 1 saturated carbocycles. The molecule has 2 aromatic heterocycles. The van der Waals surface area contributed by atoms with Gasteiger partial charge in [-0.05, 0) is 80.2 Å². The number of hydrogen-bond donors (Lipinski definition) is 4. The molecular formula is C29H29ClF3N7O4S2. The zero-order valence-electron chi connectivity index (χ0n) is 24.1. The van der Waals surface area contributed by atoms with Crippen LogP contribution >= 0.6 is 11.6 Å². The topological polar surface area (TPSA) is 169 Å². The van der Waals surface area contributed by atoms with Gasteiger partial charge in [0.2, 0.25) is 16.0 Å². The van der Waals surface area contributed by atoms with Gasteiger partial charge in [-0.3, -0.25) is 0 Å². The Kier molecular flexibility index (Phi) is 8.38. The van der Waals surface area contributed by atoms with E-state index in [1.807, 2.05) is 0 Å². The fourth-order valence-corrected chi connectivity index (χ4v) is 8.05. The predicted molar refractivity (Wildman–Crippen MR) is 168 cm³/mol. The normalized spacial score (nSPS) is 18.1. The molecule has 6 rings (SSSR count). The van der Waals surface area contributed by atoms with E-state index in [1.165, 1.54) is 36.4 Å². The molecule has 0 spiro atoms. The minimum atomic E-state index is -4.55. The summed E-state index contributed by atoms with van der Waals surface area (Å²) in [5, 5.41) is 13.9. The zero-order chi connectivity index (χ0) is 32.9. The van der Waals surface area contributed by atoms with E-state index in [4.69, 9.17) is 16.7 Å². The second kappa shape index (κ2) is 11.9. The fraction of sp³-hybridized carbons (Fsp3) is 0.345. The number of sulfone groups is 1. The monoisotopic (exact) mass is 695 g/mol. The smallest absolute Gasteiger partial charge is 0.354 e. The van der Waals surface area contributed by atoms with Gasteiger partial charge in [-0.1, -0.05) is 29.8 Å². The molecule has 4 aromatic rings. The number of sulfonamides is 1. The van der Waals surface area contributed by atoms with Crippen molar-refractivity contribution in [2.24, 2.45) is 11.1 Å². The maximum Gasteiger partial charge on any atom is 0.411 e. The van der Waals surface area contributed by atoms with E-state index in [0.717, 1.165) is 13.0 Å². The minimum Gasteiger partial charge on any atom is -0.354 e. The summed E-state index contributed by atoms with van der Waals surface area (Å²) in [6.45, 7) is 1.47. The lowest BCUT2D eigenvalue weighted by molar-refractivity contribution is -0.151. The Hall–Kier alpha value is -3.57. The molecule has 2 aliphatic rings. The van der Waals surface area contributed by atoms with Crippen LogP contribution in [-0.4, -0.2) is 62.3 Å². The average Bonchev–Trinajstić information content (AvgIpc) is 3.62. The molecule has 17 heteroatoms. The van der Waals surface area contributed by atoms with Crippen molar-refractivity contribution in [3.05, 3.63) is 65.2 Å². The second-order valence-electron chi connectivity index (χ2n) is 11.5. The summed E-state index contributed by atoms with van der Waals surface area (Å²) in [6.07, 6.45) is -4.10. The number of alkyl halides is 3. The quantitative estimate of drug-likeness (QED) is 0.185. The van der Waals surface area contributed by atoms with E-state index < -0.39 is 31.6 Å². The number of pyridine rings is 1. The molecule has 46 heavy (non-hydrogen) atoms. The van der Waals surface area contributed by atoms with Gasteiger partial charge in [0.25, 0.3) is 0 Å². The molecule has 1 unspecified atom stereocenters. The number of nitrogens with one attached hydrogen (secondary N) is 3. The van der Waals surface area contributed by atoms with Crippen LogP contribution in [0.15, 0.2) is 64.4 Å². The summed E-state index contributed by atoms with van der Waals surface area (Å²) >= 11 is 6.32. The highest BCUT2D eigenvalue weighted by molar-refractivity contribution is 7.91. The van der Waals surface area contributed by atoms with Crippen molar-refractivity contribution in [2.45, 2.75) is 47.3 Å². The molecule has 2 aromatic carbocycles. The minimum absolute atomic E-state index is 0.0133. The standard InChI is InChI=1S/C29H29ClF3N7O4S2/c30-21-6-3-19(13-24(21)45(41,42)16-18-9-12-35-14-18)22-7-8-23-25(37-22)26(40-28(10-11-28)29(31,32)33)39-27(38-23)36-15-17-1-4-20(5-2-17)46(34,43)44/h1-8,13,18,35H,9-12,14-16H2,(H2,34,43,44)(H2,36,38,39,40). The highest BCUT2D eigenvalue weighted by Gasteiger charge is 2.64. The van der Waals surface area contributed by atoms with Crippen molar-refractivity contribution in [3.8, 4) is 11.3 Å². The number of anilines is 2. The molecular weight excluding hydrogens is 667 g/mol. The number of hydrogen-bond acceptors (Lipinski definition) is 10. The highest BCUT2D eigenvalue weighted by atomic mass is 35.5. The lowest BCUT2D eigenvalue weighted by Gasteiger charge is -2.22. The van der Waals surface area contributed by atoms with Gasteiger partial charge in [0, 0.05) is 12.1 Å². The third-order valence-electron chi connectivity index (χ3n) is 8.07. The molecule has 2 fully saturated rings. The van der Waals surface area contributed by atoms with E-state index in [0.29, 0.717) is 23.4 Å². The van der Waals surface area contributed by atoms with Crippen LogP contribution in [0.2, 0.25) is 5.02 Å². The van der Waals surface area contributed by atoms with Crippen LogP contribution in [0, 0.1) is 5.92 Å². The maximum atomic E-state index is 14.0. The molecule has 0 amide bonds. The number of aromatic nitrogens is 3. The van der Waals surface area contributed by atoms with Crippen LogP contribution in [0.5, 0.6) is 0 Å². The van der Waals surface area contributed by atoms with Crippen LogP contribution in [-0.2, 0) is 26.4 Å². The third-order valence-corrected chi connectivity index (χ3v) is 11.4. The Morgan fingerprint density at radius 3 is 2.37 bits per heavy atom. The van der Waals surface area contributed by atoms with Crippen molar-refractivity contribution in [3.63, 3.8) is 0 Å². The van der Waals surface area contributed by atoms with Crippen molar-refractivity contribution < 1.29 is 30.0 Å². The first-order valence-corrected chi connectivity index (χ1v) is 17.8. The molecule has 5 N–H and O–H groups in total. The number of nitrogens with zero attached hydrogens (tertiary/aromatic N) is 3. The molecule has 0 radical (unpaired) electrons. The highest BCUT2D eigenvalue weighted by Crippen LogP contribution is 2.51. The molecule has 11 nitrogen and oxygen atoms in total. The van der Waals surface area contributed by atoms with E-state index in [2.05, 4.69) is 30.9 Å². The van der Waals surface area contributed by atoms with Gasteiger partial charge in [-0.2, -0.15) is 18.2 Å². The van der Waals surface area contributed by atoms with Crippen LogP contribution in [0.3, 0.4) is 0 Å². The number of fused-ring (bicyclic) bond motifs is 1. The first-order chi connectivity index (χ1) is 21.6. The van der Waals surface area contributed by atoms with Crippen molar-refractivity contribution in [1.82, 2.24) is 20.3 Å². The number of rotatable bonds is 10. The van der Waals surface area contributed by atoms with E-state index in [1.54, 1.807) is 18.2 Å². The molecule has 1 aliphatic carbocycles. The molecule has 244 valence electrons. The van der Waals surface area contributed by atoms with E-state index in [9.17, 15) is 30.0 Å². The van der Waals surface area contributed by atoms with Crippen LogP contribution < -0.4 is 21.1 Å². The Morgan fingerprint density at radius 1 is 1.00 bits per heavy atom. The lowest BCUT2D eigenvalue weighted by Crippen LogP contribution is -2.39. The van der Waals surface area contributed by atoms with Gasteiger partial charge in [0.15, 0.2) is 15.7 Å². The van der Waals surface area contributed by atoms with Gasteiger partial charge in [0.05, 0.1) is 31.8 Å². The second-order valence-corrected chi connectivity index (χ2v) is 15.5. The summed E-state index contributed by atoms with van der Waals surface area (Å²) in [6, 6.07) is 13.4. The van der Waals surface area contributed by atoms with Gasteiger partial charge < -0.3 is 16.0 Å². The predicted octanol–water partition coefficient (Wildman–Crippen LogP) is 4.49. The Morgan fingerprint density at radius 2 is 1.74 bits per heavy atom. The Bertz CT molecular complexity index is 2020. The number of halogens is 4. The Balaban J connectivity index is 1.35. The summed E-state index contributed by atoms with van der Waals surface area (Å²) in [5.74, 6) is -0.243. The Labute approximate surface area is 268 Å². The SMILES string of the molecule is NS(=O)(=O)c1ccc(CNc2nc(NC3(C(F)(F)F)CC3)c3nc(-c4ccc(Cl)c(S(=O)(=O)CC5CCNC5)c4)ccc3n2)cc1. The number of benzene rings is 2. The summed E-state index contributed by atoms with van der Waals surface area (Å²) in [5.41, 5.74) is -0.520. The van der Waals surface area contributed by atoms with Crippen molar-refractivity contribution in [1.29, 1.82) is 0 Å². The summed E-state index contributed by atoms with van der Waals surface area (Å²) in [4.78, 5) is 13.3. The van der Waals surface area contributed by atoms with Gasteiger partial charge in [-0.15, -0.1) is 0 Å². The number of primary sulfonamides is 1. The van der Waals surface area contributed by atoms with E-state index >= 15 is 0 Å². The summed E-state index contributed by atoms with van der Waals surface area (Å²) in [7, 11) is -7.61. The van der Waals surface area contributed by atoms with Crippen molar-refractivity contribution in [2.75, 3.05) is 29.5 Å². The fourth-order valence-electron chi connectivity index (χ4n) is 5.31. The van der Waals surface area contributed by atoms with Gasteiger partial charge in [0.1, 0.15) is 11.1 Å². The number of nitrogens with two attached hydrogens (primary N) is 1. The van der Waals surface area contributed by atoms with Crippen LogP contribution in [0.1, 0.15) is 24.8 Å². The van der Waals surface area contributed by atoms with Crippen molar-refractivity contribution >= 4 is 54.3 Å². The van der Waals surface area contributed by atoms with Crippen LogP contribution in [0.4, 0.5) is 24.9 Å². The first-order valence-electron chi connectivity index (χ1n) is 14.3. The van der Waals surface area contributed by atoms with Crippen LogP contribution in [0.25, 0.3) is 22.3 Å². The van der Waals surface area contributed by atoms with E-state index in [-0.39, 0.29) is 68.7 Å². The average molecular weight is 696 g/mol. The molecule has 0 bridgehead atoms. The molecule has 3 heterocycles. The molecule has 1 saturated heterocycles. The maximum absolute atomic E-state index is 14.0. The molecule has 1 atom stereocenters. The largest absolute Gasteiger partial charge is 0.411 e. The molecule has 1 aliphatic heterocycles. The first kappa shape index (κ1) is 32.4. The summed E-state index contributed by atoms with van der Waals surface area (Å²) < 4.78 is 91.6. The zero-order valence-corrected chi connectivity index (χ0v) is 26.5. The lowest BCUT2D eigenvalue weighted by atomic mass is 10.1. The van der Waals surface area contributed by atoms with Gasteiger partial charge in [-0.25, -0.2) is 31.9 Å². The van der Waals surface area contributed by atoms with Gasteiger partial charge >= 0.3 is 6.18 Å². The third kappa shape index (κ3) is 6.76.